The molecule has 4 heteroatoms. The number of hydrogen-bond donors (Lipinski definition) is 0. The Hall–Kier alpha value is -1.87. The van der Waals surface area contributed by atoms with Crippen molar-refractivity contribution < 1.29 is 9.53 Å². The van der Waals surface area contributed by atoms with Crippen LogP contribution in [0.15, 0.2) is 42.7 Å². The van der Waals surface area contributed by atoms with E-state index in [1.165, 1.54) is 6.92 Å². The van der Waals surface area contributed by atoms with E-state index in [1.54, 1.807) is 42.7 Å². The third kappa shape index (κ3) is 2.82. The Balaban J connectivity index is 2.26. The first kappa shape index (κ1) is 11.6. The molecule has 0 radical (unpaired) electrons. The van der Waals surface area contributed by atoms with Crippen LogP contribution in [0, 0.1) is 0 Å². The number of pyridine rings is 1. The van der Waals surface area contributed by atoms with Crippen molar-refractivity contribution in [3.05, 3.63) is 53.3 Å². The van der Waals surface area contributed by atoms with Gasteiger partial charge in [0.05, 0.1) is 11.2 Å². The Labute approximate surface area is 104 Å². The maximum Gasteiger partial charge on any atom is 0.159 e. The molecule has 2 rings (SSSR count). The molecule has 0 atom stereocenters. The number of rotatable bonds is 3. The van der Waals surface area contributed by atoms with Crippen molar-refractivity contribution in [2.75, 3.05) is 0 Å². The summed E-state index contributed by atoms with van der Waals surface area (Å²) in [7, 11) is 0. The Morgan fingerprint density at radius 3 is 2.76 bits per heavy atom. The van der Waals surface area contributed by atoms with Gasteiger partial charge in [-0.05, 0) is 37.3 Å². The van der Waals surface area contributed by atoms with E-state index in [2.05, 4.69) is 4.98 Å². The largest absolute Gasteiger partial charge is 0.454 e. The second-order valence-electron chi connectivity index (χ2n) is 3.49. The lowest BCUT2D eigenvalue weighted by Crippen LogP contribution is -1.93. The summed E-state index contributed by atoms with van der Waals surface area (Å²) in [5.74, 6) is 1.08. The van der Waals surface area contributed by atoms with Gasteiger partial charge in [-0.3, -0.25) is 9.78 Å². The number of hydrogen-bond acceptors (Lipinski definition) is 3. The average molecular weight is 248 g/mol. The number of Topliss-reactive ketones (excluding diaryl/α,β-unsaturated/α-hetero) is 1. The van der Waals surface area contributed by atoms with Gasteiger partial charge in [0.1, 0.15) is 11.5 Å². The smallest absolute Gasteiger partial charge is 0.159 e. The molecular weight excluding hydrogens is 238 g/mol. The number of benzene rings is 1. The Morgan fingerprint density at radius 1 is 1.35 bits per heavy atom. The maximum atomic E-state index is 11.2. The van der Waals surface area contributed by atoms with Crippen LogP contribution in [0.3, 0.4) is 0 Å². The predicted molar refractivity (Wildman–Crippen MR) is 65.8 cm³/mol. The van der Waals surface area contributed by atoms with E-state index in [1.807, 2.05) is 0 Å². The number of carbonyl (C=O) groups excluding carboxylic acids is 1. The van der Waals surface area contributed by atoms with Crippen LogP contribution in [0.25, 0.3) is 0 Å². The van der Waals surface area contributed by atoms with Gasteiger partial charge in [-0.25, -0.2) is 0 Å². The second-order valence-corrected chi connectivity index (χ2v) is 3.90. The summed E-state index contributed by atoms with van der Waals surface area (Å²) < 4.78 is 5.54. The van der Waals surface area contributed by atoms with Crippen LogP contribution in [0.2, 0.25) is 5.02 Å². The van der Waals surface area contributed by atoms with Crippen molar-refractivity contribution in [3.63, 3.8) is 0 Å². The second kappa shape index (κ2) is 4.97. The van der Waals surface area contributed by atoms with Crippen LogP contribution in [0.4, 0.5) is 0 Å². The van der Waals surface area contributed by atoms with Gasteiger partial charge in [-0.2, -0.15) is 0 Å². The number of nitrogens with zero attached hydrogens (tertiary/aromatic N) is 1. The third-order valence-corrected chi connectivity index (χ3v) is 2.50. The summed E-state index contributed by atoms with van der Waals surface area (Å²) in [6.45, 7) is 1.49. The molecule has 1 heterocycles. The van der Waals surface area contributed by atoms with Gasteiger partial charge < -0.3 is 4.74 Å². The van der Waals surface area contributed by atoms with Crippen LogP contribution in [-0.2, 0) is 0 Å². The van der Waals surface area contributed by atoms with Gasteiger partial charge in [-0.15, -0.1) is 0 Å². The van der Waals surface area contributed by atoms with Crippen molar-refractivity contribution in [1.29, 1.82) is 0 Å². The van der Waals surface area contributed by atoms with Crippen LogP contribution in [0.5, 0.6) is 11.5 Å². The zero-order valence-corrected chi connectivity index (χ0v) is 9.94. The molecule has 1 aromatic heterocycles. The Morgan fingerprint density at radius 2 is 2.18 bits per heavy atom. The van der Waals surface area contributed by atoms with Crippen molar-refractivity contribution in [3.8, 4) is 11.5 Å². The first-order valence-electron chi connectivity index (χ1n) is 5.05. The topological polar surface area (TPSA) is 39.2 Å². The molecule has 86 valence electrons. The highest BCUT2D eigenvalue weighted by Gasteiger charge is 2.06. The number of halogens is 1. The predicted octanol–water partition coefficient (Wildman–Crippen LogP) is 3.73. The van der Waals surface area contributed by atoms with E-state index in [0.29, 0.717) is 22.1 Å². The molecule has 17 heavy (non-hydrogen) atoms. The Bertz CT molecular complexity index is 540. The highest BCUT2D eigenvalue weighted by atomic mass is 35.5. The van der Waals surface area contributed by atoms with Crippen molar-refractivity contribution in [2.45, 2.75) is 6.92 Å². The summed E-state index contributed by atoms with van der Waals surface area (Å²) in [5.41, 5.74) is 0.563. The van der Waals surface area contributed by atoms with Crippen LogP contribution in [0.1, 0.15) is 17.3 Å². The molecule has 0 fully saturated rings. The summed E-state index contributed by atoms with van der Waals surface area (Å²) in [6, 6.07) is 8.50. The monoisotopic (exact) mass is 247 g/mol. The SMILES string of the molecule is CC(=O)c1ccc(Oc2cccnc2)c(Cl)c1. The van der Waals surface area contributed by atoms with Crippen LogP contribution in [-0.4, -0.2) is 10.8 Å². The summed E-state index contributed by atoms with van der Waals surface area (Å²) in [6.07, 6.45) is 3.25. The first-order valence-corrected chi connectivity index (χ1v) is 5.43. The average Bonchev–Trinajstić information content (AvgIpc) is 2.33. The van der Waals surface area contributed by atoms with Gasteiger partial charge in [-0.1, -0.05) is 11.6 Å². The maximum absolute atomic E-state index is 11.2. The lowest BCUT2D eigenvalue weighted by molar-refractivity contribution is 0.101. The lowest BCUT2D eigenvalue weighted by Gasteiger charge is -2.07. The molecule has 0 bridgehead atoms. The zero-order valence-electron chi connectivity index (χ0n) is 9.18. The number of ketones is 1. The van der Waals surface area contributed by atoms with E-state index in [4.69, 9.17) is 16.3 Å². The fourth-order valence-electron chi connectivity index (χ4n) is 1.34. The summed E-state index contributed by atoms with van der Waals surface area (Å²) in [4.78, 5) is 15.1. The fourth-order valence-corrected chi connectivity index (χ4v) is 1.56. The highest BCUT2D eigenvalue weighted by Crippen LogP contribution is 2.29. The first-order chi connectivity index (χ1) is 8.16. The zero-order chi connectivity index (χ0) is 12.3. The molecule has 0 unspecified atom stereocenters. The highest BCUT2D eigenvalue weighted by molar-refractivity contribution is 6.32. The molecule has 0 saturated heterocycles. The van der Waals surface area contributed by atoms with Crippen LogP contribution < -0.4 is 4.74 Å². The lowest BCUT2D eigenvalue weighted by atomic mass is 10.1. The molecule has 0 aliphatic rings. The molecule has 0 amide bonds. The molecule has 1 aromatic carbocycles. The molecule has 0 N–H and O–H groups in total. The van der Waals surface area contributed by atoms with Crippen molar-refractivity contribution in [1.82, 2.24) is 4.98 Å². The van der Waals surface area contributed by atoms with E-state index in [-0.39, 0.29) is 5.78 Å². The minimum atomic E-state index is -0.0279. The minimum Gasteiger partial charge on any atom is -0.454 e. The van der Waals surface area contributed by atoms with E-state index in [0.717, 1.165) is 0 Å². The molecule has 3 nitrogen and oxygen atoms in total. The molecule has 2 aromatic rings. The number of aromatic nitrogens is 1. The van der Waals surface area contributed by atoms with E-state index >= 15 is 0 Å². The van der Waals surface area contributed by atoms with Gasteiger partial charge >= 0.3 is 0 Å². The quantitative estimate of drug-likeness (QED) is 0.776. The molecule has 0 aliphatic carbocycles. The van der Waals surface area contributed by atoms with Gasteiger partial charge in [0.25, 0.3) is 0 Å². The van der Waals surface area contributed by atoms with E-state index < -0.39 is 0 Å². The van der Waals surface area contributed by atoms with Gasteiger partial charge in [0.15, 0.2) is 5.78 Å². The Kier molecular flexibility index (Phi) is 3.40. The summed E-state index contributed by atoms with van der Waals surface area (Å²) >= 11 is 6.03. The molecule has 0 aliphatic heterocycles. The van der Waals surface area contributed by atoms with Crippen molar-refractivity contribution in [2.24, 2.45) is 0 Å². The normalized spacial score (nSPS) is 10.0. The number of ether oxygens (including phenoxy) is 1. The summed E-state index contributed by atoms with van der Waals surface area (Å²) in [5, 5.41) is 0.404. The molecule has 0 spiro atoms. The van der Waals surface area contributed by atoms with E-state index in [9.17, 15) is 4.79 Å². The minimum absolute atomic E-state index is 0.0279. The molecule has 0 saturated carbocycles. The van der Waals surface area contributed by atoms with Crippen LogP contribution >= 0.6 is 11.6 Å². The number of carbonyl (C=O) groups is 1. The van der Waals surface area contributed by atoms with Gasteiger partial charge in [0.2, 0.25) is 0 Å². The van der Waals surface area contributed by atoms with Crippen molar-refractivity contribution >= 4 is 17.4 Å². The standard InChI is InChI=1S/C13H10ClNO2/c1-9(16)10-4-5-13(12(14)7-10)17-11-3-2-6-15-8-11/h2-8H,1H3. The fraction of sp³-hybridized carbons (Fsp3) is 0.0769. The van der Waals surface area contributed by atoms with Gasteiger partial charge in [0, 0.05) is 11.8 Å². The third-order valence-electron chi connectivity index (χ3n) is 2.20. The molecular formula is C13H10ClNO2.